The molecule has 1 atom stereocenters. The highest BCUT2D eigenvalue weighted by Crippen LogP contribution is 2.20. The molecule has 0 bridgehead atoms. The van der Waals surface area contributed by atoms with Gasteiger partial charge in [0.25, 0.3) is 0 Å². The van der Waals surface area contributed by atoms with Gasteiger partial charge in [0.15, 0.2) is 5.82 Å². The first kappa shape index (κ1) is 16.9. The Morgan fingerprint density at radius 2 is 2.29 bits per heavy atom. The van der Waals surface area contributed by atoms with E-state index in [9.17, 15) is 0 Å². The Bertz CT molecular complexity index is 645. The molecule has 2 aromatic heterocycles. The molecule has 0 radical (unpaired) electrons. The topological polar surface area (TPSA) is 76.3 Å². The summed E-state index contributed by atoms with van der Waals surface area (Å²) in [4.78, 5) is 11.3. The van der Waals surface area contributed by atoms with Crippen LogP contribution in [-0.4, -0.2) is 52.9 Å². The van der Waals surface area contributed by atoms with Crippen molar-refractivity contribution in [3.8, 4) is 0 Å². The van der Waals surface area contributed by atoms with Gasteiger partial charge < -0.3 is 14.6 Å². The quantitative estimate of drug-likeness (QED) is 0.793. The van der Waals surface area contributed by atoms with Crippen molar-refractivity contribution in [3.05, 3.63) is 35.6 Å². The smallest absolute Gasteiger partial charge is 0.240 e. The molecule has 0 amide bonds. The number of rotatable bonds is 8. The zero-order chi connectivity index (χ0) is 16.8. The first-order valence-electron chi connectivity index (χ1n) is 8.46. The number of hydrogen-bond donors (Lipinski definition) is 1. The zero-order valence-corrected chi connectivity index (χ0v) is 14.4. The second-order valence-corrected chi connectivity index (χ2v) is 6.16. The summed E-state index contributed by atoms with van der Waals surface area (Å²) in [5.41, 5.74) is 1.03. The molecule has 1 aliphatic heterocycles. The Balaban J connectivity index is 1.52. The van der Waals surface area contributed by atoms with Crippen molar-refractivity contribution in [3.63, 3.8) is 0 Å². The molecule has 1 N–H and O–H groups in total. The van der Waals surface area contributed by atoms with Crippen molar-refractivity contribution in [2.75, 3.05) is 32.1 Å². The molecule has 1 fully saturated rings. The Morgan fingerprint density at radius 3 is 3.12 bits per heavy atom. The largest absolute Gasteiger partial charge is 0.384 e. The minimum atomic E-state index is 0.460. The van der Waals surface area contributed by atoms with Crippen molar-refractivity contribution >= 4 is 5.82 Å². The van der Waals surface area contributed by atoms with Gasteiger partial charge in [-0.2, -0.15) is 4.98 Å². The van der Waals surface area contributed by atoms with Gasteiger partial charge in [0.05, 0.1) is 13.2 Å². The van der Waals surface area contributed by atoms with E-state index >= 15 is 0 Å². The van der Waals surface area contributed by atoms with Crippen LogP contribution in [0.5, 0.6) is 0 Å². The monoisotopic (exact) mass is 331 g/mol. The highest BCUT2D eigenvalue weighted by molar-refractivity contribution is 5.35. The normalized spacial score (nSPS) is 18.2. The van der Waals surface area contributed by atoms with Gasteiger partial charge in [-0.25, -0.2) is 4.98 Å². The van der Waals surface area contributed by atoms with Crippen LogP contribution < -0.4 is 5.32 Å². The average molecular weight is 331 g/mol. The van der Waals surface area contributed by atoms with Gasteiger partial charge in [-0.3, -0.25) is 4.90 Å². The third-order valence-corrected chi connectivity index (χ3v) is 4.28. The summed E-state index contributed by atoms with van der Waals surface area (Å²) in [7, 11) is 1.67. The van der Waals surface area contributed by atoms with Gasteiger partial charge in [0, 0.05) is 31.8 Å². The first-order valence-corrected chi connectivity index (χ1v) is 8.46. The van der Waals surface area contributed by atoms with E-state index in [2.05, 4.69) is 25.3 Å². The van der Waals surface area contributed by atoms with Crippen LogP contribution in [0.2, 0.25) is 0 Å². The number of methoxy groups -OCH3 is 1. The summed E-state index contributed by atoms with van der Waals surface area (Å²) in [6.07, 6.45) is 3.05. The summed E-state index contributed by atoms with van der Waals surface area (Å²) < 4.78 is 10.4. The van der Waals surface area contributed by atoms with Gasteiger partial charge >= 0.3 is 0 Å². The molecular weight excluding hydrogens is 306 g/mol. The highest BCUT2D eigenvalue weighted by atomic mass is 16.5. The van der Waals surface area contributed by atoms with Crippen LogP contribution in [0.15, 0.2) is 22.7 Å². The molecule has 1 saturated heterocycles. The SMILES string of the molecule is COCCc1noc(CN2CCCC2CNc2cccc(C)n2)n1. The minimum Gasteiger partial charge on any atom is -0.384 e. The van der Waals surface area contributed by atoms with Crippen LogP contribution in [0.3, 0.4) is 0 Å². The van der Waals surface area contributed by atoms with E-state index in [0.29, 0.717) is 37.3 Å². The van der Waals surface area contributed by atoms with Crippen molar-refractivity contribution < 1.29 is 9.26 Å². The van der Waals surface area contributed by atoms with Crippen molar-refractivity contribution in [1.82, 2.24) is 20.0 Å². The Labute approximate surface area is 142 Å². The standard InChI is InChI=1S/C17H25N5O2/c1-13-5-3-7-15(19-13)18-11-14-6-4-9-22(14)12-17-20-16(21-24-17)8-10-23-2/h3,5,7,14H,4,6,8-12H2,1-2H3,(H,18,19). The highest BCUT2D eigenvalue weighted by Gasteiger charge is 2.26. The van der Waals surface area contributed by atoms with Crippen molar-refractivity contribution in [2.45, 2.75) is 38.8 Å². The lowest BCUT2D eigenvalue weighted by Crippen LogP contribution is -2.34. The lowest BCUT2D eigenvalue weighted by Gasteiger charge is -2.23. The summed E-state index contributed by atoms with van der Waals surface area (Å²) >= 11 is 0. The number of nitrogens with zero attached hydrogens (tertiary/aromatic N) is 4. The van der Waals surface area contributed by atoms with E-state index in [0.717, 1.165) is 24.6 Å². The molecular formula is C17H25N5O2. The molecule has 0 saturated carbocycles. The maximum absolute atomic E-state index is 5.36. The van der Waals surface area contributed by atoms with Crippen LogP contribution >= 0.6 is 0 Å². The Morgan fingerprint density at radius 1 is 1.38 bits per heavy atom. The average Bonchev–Trinajstić information content (AvgIpc) is 3.21. The van der Waals surface area contributed by atoms with Gasteiger partial charge in [0.1, 0.15) is 5.82 Å². The van der Waals surface area contributed by atoms with Crippen LogP contribution in [0, 0.1) is 6.92 Å². The van der Waals surface area contributed by atoms with Crippen molar-refractivity contribution in [2.24, 2.45) is 0 Å². The molecule has 130 valence electrons. The van der Waals surface area contributed by atoms with Gasteiger partial charge in [0.2, 0.25) is 5.89 Å². The van der Waals surface area contributed by atoms with E-state index in [1.807, 2.05) is 25.1 Å². The Kier molecular flexibility index (Phi) is 5.77. The molecule has 0 aliphatic carbocycles. The molecule has 0 aromatic carbocycles. The number of hydrogen-bond acceptors (Lipinski definition) is 7. The number of ether oxygens (including phenoxy) is 1. The fourth-order valence-corrected chi connectivity index (χ4v) is 3.02. The summed E-state index contributed by atoms with van der Waals surface area (Å²) in [5.74, 6) is 2.33. The van der Waals surface area contributed by atoms with E-state index in [1.54, 1.807) is 7.11 Å². The molecule has 1 aliphatic rings. The number of nitrogens with one attached hydrogen (secondary N) is 1. The Hall–Kier alpha value is -1.99. The number of pyridine rings is 1. The van der Waals surface area contributed by atoms with Crippen LogP contribution in [0.25, 0.3) is 0 Å². The molecule has 3 rings (SSSR count). The van der Waals surface area contributed by atoms with E-state index < -0.39 is 0 Å². The number of aryl methyl sites for hydroxylation is 1. The zero-order valence-electron chi connectivity index (χ0n) is 14.4. The molecule has 7 nitrogen and oxygen atoms in total. The van der Waals surface area contributed by atoms with E-state index in [-0.39, 0.29) is 0 Å². The number of anilines is 1. The number of aromatic nitrogens is 3. The molecule has 1 unspecified atom stereocenters. The molecule has 0 spiro atoms. The lowest BCUT2D eigenvalue weighted by atomic mass is 10.2. The third kappa shape index (κ3) is 4.52. The predicted molar refractivity (Wildman–Crippen MR) is 90.8 cm³/mol. The minimum absolute atomic E-state index is 0.460. The predicted octanol–water partition coefficient (Wildman–Crippen LogP) is 2.04. The van der Waals surface area contributed by atoms with Crippen LogP contribution in [-0.2, 0) is 17.7 Å². The molecule has 2 aromatic rings. The second kappa shape index (κ2) is 8.21. The van der Waals surface area contributed by atoms with Gasteiger partial charge in [-0.15, -0.1) is 0 Å². The van der Waals surface area contributed by atoms with Gasteiger partial charge in [-0.1, -0.05) is 11.2 Å². The fraction of sp³-hybridized carbons (Fsp3) is 0.588. The van der Waals surface area contributed by atoms with Crippen LogP contribution in [0.1, 0.15) is 30.3 Å². The summed E-state index contributed by atoms with van der Waals surface area (Å²) in [5, 5.41) is 7.45. The van der Waals surface area contributed by atoms with E-state index in [4.69, 9.17) is 9.26 Å². The van der Waals surface area contributed by atoms with Crippen molar-refractivity contribution in [1.29, 1.82) is 0 Å². The maximum atomic E-state index is 5.36. The number of likely N-dealkylation sites (tertiary alicyclic amines) is 1. The lowest BCUT2D eigenvalue weighted by molar-refractivity contribution is 0.199. The maximum Gasteiger partial charge on any atom is 0.240 e. The fourth-order valence-electron chi connectivity index (χ4n) is 3.02. The molecule has 3 heterocycles. The van der Waals surface area contributed by atoms with Crippen LogP contribution in [0.4, 0.5) is 5.82 Å². The molecule has 7 heteroatoms. The first-order chi connectivity index (χ1) is 11.7. The van der Waals surface area contributed by atoms with Gasteiger partial charge in [-0.05, 0) is 38.4 Å². The summed E-state index contributed by atoms with van der Waals surface area (Å²) in [6.45, 7) is 5.25. The summed E-state index contributed by atoms with van der Waals surface area (Å²) in [6, 6.07) is 6.49. The van der Waals surface area contributed by atoms with E-state index in [1.165, 1.54) is 12.8 Å². The second-order valence-electron chi connectivity index (χ2n) is 6.16. The molecule has 24 heavy (non-hydrogen) atoms. The third-order valence-electron chi connectivity index (χ3n) is 4.28.